The quantitative estimate of drug-likeness (QED) is 0.277. The Kier molecular flexibility index (Phi) is 7.57. The Morgan fingerprint density at radius 3 is 2.62 bits per heavy atom. The number of aromatic nitrogens is 3. The number of aryl methyl sites for hydroxylation is 1. The van der Waals surface area contributed by atoms with Crippen LogP contribution in [0.1, 0.15) is 37.9 Å². The summed E-state index contributed by atoms with van der Waals surface area (Å²) in [5, 5.41) is 13.2. The van der Waals surface area contributed by atoms with E-state index in [1.165, 1.54) is 28.8 Å². The van der Waals surface area contributed by atoms with Crippen LogP contribution in [0.4, 0.5) is 15.8 Å². The van der Waals surface area contributed by atoms with Crippen LogP contribution >= 0.6 is 23.2 Å². The van der Waals surface area contributed by atoms with Crippen molar-refractivity contribution in [3.63, 3.8) is 0 Å². The maximum absolute atomic E-state index is 16.2. The summed E-state index contributed by atoms with van der Waals surface area (Å²) in [6.45, 7) is 11.3. The van der Waals surface area contributed by atoms with Crippen molar-refractivity contribution in [3.8, 4) is 22.7 Å². The van der Waals surface area contributed by atoms with Gasteiger partial charge >= 0.3 is 0 Å². The first-order chi connectivity index (χ1) is 21.3. The number of amides is 2. The summed E-state index contributed by atoms with van der Waals surface area (Å²) in [5.74, 6) is -1.97. The number of hydrogen-bond donors (Lipinski definition) is 2. The molecule has 3 aromatic heterocycles. The van der Waals surface area contributed by atoms with Crippen LogP contribution in [0.25, 0.3) is 28.0 Å². The van der Waals surface area contributed by atoms with Crippen LogP contribution in [0, 0.1) is 12.7 Å². The second kappa shape index (κ2) is 11.1. The van der Waals surface area contributed by atoms with Gasteiger partial charge in [0.2, 0.25) is 11.8 Å². The van der Waals surface area contributed by atoms with Gasteiger partial charge in [-0.2, -0.15) is 0 Å². The van der Waals surface area contributed by atoms with Gasteiger partial charge in [-0.25, -0.2) is 9.37 Å². The molecule has 2 amide bonds. The summed E-state index contributed by atoms with van der Waals surface area (Å²) < 4.78 is 17.6. The predicted octanol–water partition coefficient (Wildman–Crippen LogP) is 5.57. The third-order valence-corrected chi connectivity index (χ3v) is 9.11. The number of nitrogens with zero attached hydrogens (tertiary/aromatic N) is 5. The minimum absolute atomic E-state index is 0.00697. The van der Waals surface area contributed by atoms with Crippen molar-refractivity contribution >= 4 is 57.4 Å². The number of hydrogen-bond acceptors (Lipinski definition) is 7. The van der Waals surface area contributed by atoms with E-state index in [9.17, 15) is 19.5 Å². The Balaban J connectivity index is 1.73. The highest BCUT2D eigenvalue weighted by molar-refractivity contribution is 6.43. The molecule has 2 unspecified atom stereocenters. The van der Waals surface area contributed by atoms with Crippen LogP contribution in [0.15, 0.2) is 47.9 Å². The number of benzene rings is 1. The molecule has 6 rings (SSSR count). The first kappa shape index (κ1) is 30.5. The lowest BCUT2D eigenvalue weighted by molar-refractivity contribution is -0.130. The Bertz CT molecular complexity index is 2010. The Morgan fingerprint density at radius 2 is 1.93 bits per heavy atom. The number of phenols is 1. The lowest BCUT2D eigenvalue weighted by Gasteiger charge is -2.48. The fraction of sp³-hybridized carbons (Fsp3) is 0.281. The molecule has 0 aliphatic carbocycles. The third-order valence-electron chi connectivity index (χ3n) is 8.30. The summed E-state index contributed by atoms with van der Waals surface area (Å²) in [5.41, 5.74) is 1.27. The van der Waals surface area contributed by atoms with Crippen molar-refractivity contribution in [2.75, 3.05) is 23.3 Å². The van der Waals surface area contributed by atoms with Gasteiger partial charge in [-0.05, 0) is 49.6 Å². The van der Waals surface area contributed by atoms with E-state index in [1.54, 1.807) is 22.1 Å². The molecule has 0 saturated carbocycles. The largest absolute Gasteiger partial charge is 0.508 e. The lowest BCUT2D eigenvalue weighted by Crippen LogP contribution is -2.64. The first-order valence-electron chi connectivity index (χ1n) is 14.3. The zero-order chi connectivity index (χ0) is 32.5. The lowest BCUT2D eigenvalue weighted by atomic mass is 9.99. The van der Waals surface area contributed by atoms with E-state index in [4.69, 9.17) is 28.2 Å². The van der Waals surface area contributed by atoms with E-state index >= 15 is 4.39 Å². The van der Waals surface area contributed by atoms with E-state index in [0.717, 1.165) is 0 Å². The minimum Gasteiger partial charge on any atom is -0.508 e. The third kappa shape index (κ3) is 4.81. The van der Waals surface area contributed by atoms with Gasteiger partial charge in [0.15, 0.2) is 5.65 Å². The SMILES string of the molecule is C=CC(=O)N1CC2C(=O)Nc3c(c4cc(F)c(-c5cc(O)cc(Cl)c5Cl)nc4n(-c4c(C)ccnc4C(C)C)c3=O)N2CC1C. The number of aromatic hydroxyl groups is 1. The molecule has 1 saturated heterocycles. The van der Waals surface area contributed by atoms with Crippen LogP contribution in [0.3, 0.4) is 0 Å². The zero-order valence-corrected chi connectivity index (χ0v) is 26.4. The van der Waals surface area contributed by atoms with Gasteiger partial charge in [-0.15, -0.1) is 0 Å². The van der Waals surface area contributed by atoms with Gasteiger partial charge in [0.25, 0.3) is 5.56 Å². The molecule has 45 heavy (non-hydrogen) atoms. The number of carbonyl (C=O) groups is 2. The topological polar surface area (TPSA) is 121 Å². The number of piperazine rings is 1. The molecular weight excluding hydrogens is 622 g/mol. The molecule has 5 heterocycles. The van der Waals surface area contributed by atoms with Crippen molar-refractivity contribution in [3.05, 3.63) is 80.6 Å². The van der Waals surface area contributed by atoms with Crippen molar-refractivity contribution in [2.45, 2.75) is 45.7 Å². The van der Waals surface area contributed by atoms with Gasteiger partial charge in [-0.1, -0.05) is 43.6 Å². The normalized spacial score (nSPS) is 17.7. The number of halogens is 3. The predicted molar refractivity (Wildman–Crippen MR) is 172 cm³/mol. The van der Waals surface area contributed by atoms with E-state index in [1.807, 2.05) is 27.7 Å². The summed E-state index contributed by atoms with van der Waals surface area (Å²) in [7, 11) is 0. The van der Waals surface area contributed by atoms with E-state index in [-0.39, 0.29) is 74.7 Å². The van der Waals surface area contributed by atoms with Gasteiger partial charge < -0.3 is 20.2 Å². The van der Waals surface area contributed by atoms with E-state index < -0.39 is 23.3 Å². The number of rotatable bonds is 4. The van der Waals surface area contributed by atoms with Gasteiger partial charge in [0.05, 0.1) is 33.7 Å². The number of pyridine rings is 3. The summed E-state index contributed by atoms with van der Waals surface area (Å²) in [6.07, 6.45) is 2.83. The number of fused-ring (bicyclic) bond motifs is 5. The average Bonchev–Trinajstić information content (AvgIpc) is 2.99. The molecule has 10 nitrogen and oxygen atoms in total. The van der Waals surface area contributed by atoms with Gasteiger partial charge in [-0.3, -0.25) is 23.9 Å². The standard InChI is InChI=1S/C32H29Cl2FN6O4/c1-6-23(43)39-13-22-31(44)38-27-29(40(22)12-16(39)5)19-11-21(35)26(18-9-17(42)10-20(33)24(18)34)37-30(19)41(32(27)45)28-15(4)7-8-36-25(28)14(2)3/h6-11,14,16,22,42H,1,12-13H2,2-5H3,(H,38,44). The fourth-order valence-electron chi connectivity index (χ4n) is 6.18. The van der Waals surface area contributed by atoms with Crippen molar-refractivity contribution in [2.24, 2.45) is 0 Å². The second-order valence-corrected chi connectivity index (χ2v) is 12.3. The molecule has 2 N–H and O–H groups in total. The highest BCUT2D eigenvalue weighted by Crippen LogP contribution is 2.43. The average molecular weight is 652 g/mol. The molecule has 0 spiro atoms. The van der Waals surface area contributed by atoms with Crippen molar-refractivity contribution < 1.29 is 19.1 Å². The van der Waals surface area contributed by atoms with Crippen LogP contribution < -0.4 is 15.8 Å². The minimum atomic E-state index is -0.857. The second-order valence-electron chi connectivity index (χ2n) is 11.6. The summed E-state index contributed by atoms with van der Waals surface area (Å²) >= 11 is 12.7. The van der Waals surface area contributed by atoms with Crippen LogP contribution in [-0.2, 0) is 9.59 Å². The Hall–Kier alpha value is -4.48. The van der Waals surface area contributed by atoms with Gasteiger partial charge in [0.1, 0.15) is 29.0 Å². The number of carbonyl (C=O) groups excluding carboxylic acids is 2. The van der Waals surface area contributed by atoms with Crippen LogP contribution in [-0.4, -0.2) is 61.5 Å². The molecule has 232 valence electrons. The highest BCUT2D eigenvalue weighted by atomic mass is 35.5. The molecule has 1 fully saturated rings. The van der Waals surface area contributed by atoms with E-state index in [0.29, 0.717) is 22.6 Å². The number of anilines is 2. The monoisotopic (exact) mass is 650 g/mol. The molecule has 2 aliphatic heterocycles. The fourth-order valence-corrected chi connectivity index (χ4v) is 6.60. The van der Waals surface area contributed by atoms with Crippen LogP contribution in [0.2, 0.25) is 10.0 Å². The molecule has 0 bridgehead atoms. The Morgan fingerprint density at radius 1 is 1.20 bits per heavy atom. The summed E-state index contributed by atoms with van der Waals surface area (Å²) in [4.78, 5) is 53.2. The molecular formula is C32H29Cl2FN6O4. The van der Waals surface area contributed by atoms with Crippen LogP contribution in [0.5, 0.6) is 5.75 Å². The molecule has 2 atom stereocenters. The highest BCUT2D eigenvalue weighted by Gasteiger charge is 2.44. The molecule has 13 heteroatoms. The molecule has 0 radical (unpaired) electrons. The maximum atomic E-state index is 16.2. The molecule has 2 aliphatic rings. The Labute approximate surface area is 267 Å². The van der Waals surface area contributed by atoms with E-state index in [2.05, 4.69) is 16.9 Å². The van der Waals surface area contributed by atoms with Crippen molar-refractivity contribution in [1.82, 2.24) is 19.4 Å². The van der Waals surface area contributed by atoms with Gasteiger partial charge in [0, 0.05) is 35.8 Å². The smallest absolute Gasteiger partial charge is 0.282 e. The zero-order valence-electron chi connectivity index (χ0n) is 24.9. The van der Waals surface area contributed by atoms with Crippen molar-refractivity contribution in [1.29, 1.82) is 0 Å². The summed E-state index contributed by atoms with van der Waals surface area (Å²) in [6, 6.07) is 4.25. The number of phenolic OH excluding ortho intramolecular Hbond substituents is 1. The number of nitrogens with one attached hydrogen (secondary N) is 1. The molecule has 4 aromatic rings. The molecule has 1 aromatic carbocycles. The first-order valence-corrected chi connectivity index (χ1v) is 15.0. The maximum Gasteiger partial charge on any atom is 0.282 e.